The highest BCUT2D eigenvalue weighted by molar-refractivity contribution is 6.32. The van der Waals surface area contributed by atoms with Crippen molar-refractivity contribution in [1.29, 1.82) is 5.26 Å². The van der Waals surface area contributed by atoms with Crippen LogP contribution in [0.3, 0.4) is 0 Å². The zero-order chi connectivity index (χ0) is 20.0. The molecular formula is C20H19ClN2O4. The summed E-state index contributed by atoms with van der Waals surface area (Å²) in [7, 11) is 0. The van der Waals surface area contributed by atoms with Gasteiger partial charge in [-0.05, 0) is 50.6 Å². The Morgan fingerprint density at radius 3 is 2.59 bits per heavy atom. The van der Waals surface area contributed by atoms with Gasteiger partial charge in [-0.15, -0.1) is 0 Å². The normalized spacial score (nSPS) is 11.2. The van der Waals surface area contributed by atoms with Gasteiger partial charge < -0.3 is 14.8 Å². The van der Waals surface area contributed by atoms with E-state index in [-0.39, 0.29) is 11.6 Å². The Morgan fingerprint density at radius 2 is 1.96 bits per heavy atom. The van der Waals surface area contributed by atoms with Crippen LogP contribution in [0, 0.1) is 25.2 Å². The molecule has 0 heterocycles. The van der Waals surface area contributed by atoms with E-state index in [1.165, 1.54) is 19.1 Å². The van der Waals surface area contributed by atoms with Crippen molar-refractivity contribution >= 4 is 29.2 Å². The van der Waals surface area contributed by atoms with Crippen molar-refractivity contribution < 1.29 is 19.1 Å². The van der Waals surface area contributed by atoms with Gasteiger partial charge in [0.2, 0.25) is 0 Å². The summed E-state index contributed by atoms with van der Waals surface area (Å²) in [6, 6.07) is 12.0. The molecule has 2 aromatic carbocycles. The first-order chi connectivity index (χ1) is 12.8. The van der Waals surface area contributed by atoms with E-state index in [2.05, 4.69) is 5.32 Å². The molecule has 2 rings (SSSR count). The first kappa shape index (κ1) is 20.3. The number of hydrogen-bond donors (Lipinski definition) is 1. The fourth-order valence-corrected chi connectivity index (χ4v) is 2.53. The van der Waals surface area contributed by atoms with Crippen molar-refractivity contribution in [3.05, 3.63) is 58.1 Å². The summed E-state index contributed by atoms with van der Waals surface area (Å²) in [6.45, 7) is 5.00. The molecule has 2 aromatic rings. The molecule has 0 bridgehead atoms. The predicted molar refractivity (Wildman–Crippen MR) is 102 cm³/mol. The lowest BCUT2D eigenvalue weighted by Gasteiger charge is -2.15. The third-order valence-corrected chi connectivity index (χ3v) is 4.02. The standard InChI is InChI=1S/C20H19ClN2O4/c1-12-4-7-18(13(2)8-12)26-11-19(24)27-14(3)20(25)23-16-6-5-15(10-22)17(21)9-16/h4-9,14H,11H2,1-3H3,(H,23,25)/t14-/m0/s1. The number of ether oxygens (including phenoxy) is 2. The summed E-state index contributed by atoms with van der Waals surface area (Å²) in [5.41, 5.74) is 2.71. The Bertz CT molecular complexity index is 905. The largest absolute Gasteiger partial charge is 0.482 e. The van der Waals surface area contributed by atoms with Crippen LogP contribution in [0.15, 0.2) is 36.4 Å². The van der Waals surface area contributed by atoms with Crippen LogP contribution < -0.4 is 10.1 Å². The number of halogens is 1. The number of anilines is 1. The minimum absolute atomic E-state index is 0.224. The highest BCUT2D eigenvalue weighted by Crippen LogP contribution is 2.21. The lowest BCUT2D eigenvalue weighted by atomic mass is 10.1. The molecule has 0 spiro atoms. The van der Waals surface area contributed by atoms with Crippen LogP contribution in [0.5, 0.6) is 5.75 Å². The number of amides is 1. The number of rotatable bonds is 6. The van der Waals surface area contributed by atoms with E-state index < -0.39 is 18.0 Å². The van der Waals surface area contributed by atoms with Crippen LogP contribution in [0.4, 0.5) is 5.69 Å². The van der Waals surface area contributed by atoms with E-state index in [1.807, 2.05) is 32.0 Å². The average Bonchev–Trinajstić information content (AvgIpc) is 2.61. The fourth-order valence-electron chi connectivity index (χ4n) is 2.31. The third kappa shape index (κ3) is 5.73. The summed E-state index contributed by atoms with van der Waals surface area (Å²) in [4.78, 5) is 24.1. The van der Waals surface area contributed by atoms with Gasteiger partial charge in [0.15, 0.2) is 12.7 Å². The Hall–Kier alpha value is -3.04. The van der Waals surface area contributed by atoms with Crippen LogP contribution in [-0.2, 0) is 14.3 Å². The maximum Gasteiger partial charge on any atom is 0.344 e. The minimum Gasteiger partial charge on any atom is -0.482 e. The number of nitriles is 1. The second kappa shape index (κ2) is 9.06. The Labute approximate surface area is 162 Å². The Morgan fingerprint density at radius 1 is 1.22 bits per heavy atom. The van der Waals surface area contributed by atoms with Crippen LogP contribution >= 0.6 is 11.6 Å². The molecule has 0 aliphatic rings. The number of nitrogens with one attached hydrogen (secondary N) is 1. The molecule has 0 unspecified atom stereocenters. The molecule has 6 nitrogen and oxygen atoms in total. The second-order valence-corrected chi connectivity index (χ2v) is 6.39. The van der Waals surface area contributed by atoms with E-state index in [9.17, 15) is 9.59 Å². The summed E-state index contributed by atoms with van der Waals surface area (Å²) >= 11 is 5.92. The van der Waals surface area contributed by atoms with E-state index in [4.69, 9.17) is 26.3 Å². The van der Waals surface area contributed by atoms with Crippen LogP contribution in [-0.4, -0.2) is 24.6 Å². The number of benzene rings is 2. The quantitative estimate of drug-likeness (QED) is 0.763. The third-order valence-electron chi connectivity index (χ3n) is 3.71. The van der Waals surface area contributed by atoms with Crippen molar-refractivity contribution in [2.45, 2.75) is 26.9 Å². The number of esters is 1. The van der Waals surface area contributed by atoms with E-state index in [0.717, 1.165) is 11.1 Å². The van der Waals surface area contributed by atoms with Crippen molar-refractivity contribution in [3.63, 3.8) is 0 Å². The van der Waals surface area contributed by atoms with Gasteiger partial charge in [0.1, 0.15) is 11.8 Å². The van der Waals surface area contributed by atoms with Gasteiger partial charge in [0.25, 0.3) is 5.91 Å². The molecule has 1 N–H and O–H groups in total. The first-order valence-electron chi connectivity index (χ1n) is 8.20. The van der Waals surface area contributed by atoms with E-state index in [1.54, 1.807) is 12.1 Å². The van der Waals surface area contributed by atoms with Crippen molar-refractivity contribution in [2.24, 2.45) is 0 Å². The minimum atomic E-state index is -1.02. The van der Waals surface area contributed by atoms with Gasteiger partial charge in [0, 0.05) is 5.69 Å². The number of aryl methyl sites for hydroxylation is 2. The van der Waals surface area contributed by atoms with Gasteiger partial charge in [-0.25, -0.2) is 4.79 Å². The summed E-state index contributed by atoms with van der Waals surface area (Å²) < 4.78 is 10.5. The van der Waals surface area contributed by atoms with E-state index >= 15 is 0 Å². The van der Waals surface area contributed by atoms with Crippen molar-refractivity contribution in [2.75, 3.05) is 11.9 Å². The number of carbonyl (C=O) groups excluding carboxylic acids is 2. The molecule has 27 heavy (non-hydrogen) atoms. The topological polar surface area (TPSA) is 88.4 Å². The molecule has 140 valence electrons. The highest BCUT2D eigenvalue weighted by atomic mass is 35.5. The van der Waals surface area contributed by atoms with Crippen LogP contribution in [0.1, 0.15) is 23.6 Å². The van der Waals surface area contributed by atoms with E-state index in [0.29, 0.717) is 17.0 Å². The molecule has 7 heteroatoms. The number of nitrogens with zero attached hydrogens (tertiary/aromatic N) is 1. The fraction of sp³-hybridized carbons (Fsp3) is 0.250. The highest BCUT2D eigenvalue weighted by Gasteiger charge is 2.19. The average molecular weight is 387 g/mol. The number of hydrogen-bond acceptors (Lipinski definition) is 5. The number of carbonyl (C=O) groups is 2. The summed E-state index contributed by atoms with van der Waals surface area (Å²) in [5, 5.41) is 11.7. The molecular weight excluding hydrogens is 368 g/mol. The molecule has 0 saturated carbocycles. The summed E-state index contributed by atoms with van der Waals surface area (Å²) in [5.74, 6) is -0.590. The summed E-state index contributed by atoms with van der Waals surface area (Å²) in [6.07, 6.45) is -1.02. The zero-order valence-electron chi connectivity index (χ0n) is 15.2. The maximum absolute atomic E-state index is 12.1. The molecule has 0 radical (unpaired) electrons. The zero-order valence-corrected chi connectivity index (χ0v) is 16.0. The van der Waals surface area contributed by atoms with Gasteiger partial charge in [-0.3, -0.25) is 4.79 Å². The monoisotopic (exact) mass is 386 g/mol. The van der Waals surface area contributed by atoms with Crippen molar-refractivity contribution in [3.8, 4) is 11.8 Å². The first-order valence-corrected chi connectivity index (χ1v) is 8.58. The lowest BCUT2D eigenvalue weighted by Crippen LogP contribution is -2.31. The van der Waals surface area contributed by atoms with Crippen molar-refractivity contribution in [1.82, 2.24) is 0 Å². The molecule has 0 aliphatic heterocycles. The smallest absolute Gasteiger partial charge is 0.344 e. The molecule has 0 fully saturated rings. The van der Waals surface area contributed by atoms with Crippen LogP contribution in [0.25, 0.3) is 0 Å². The SMILES string of the molecule is Cc1ccc(OCC(=O)O[C@@H](C)C(=O)Nc2ccc(C#N)c(Cl)c2)c(C)c1. The lowest BCUT2D eigenvalue weighted by molar-refractivity contribution is -0.155. The van der Waals surface area contributed by atoms with Gasteiger partial charge >= 0.3 is 5.97 Å². The van der Waals surface area contributed by atoms with Gasteiger partial charge in [0.05, 0.1) is 10.6 Å². The molecule has 1 atom stereocenters. The Balaban J connectivity index is 1.87. The predicted octanol–water partition coefficient (Wildman–Crippen LogP) is 3.78. The second-order valence-electron chi connectivity index (χ2n) is 5.99. The van der Waals surface area contributed by atoms with Gasteiger partial charge in [-0.1, -0.05) is 29.3 Å². The molecule has 0 saturated heterocycles. The molecule has 0 aromatic heterocycles. The Kier molecular flexibility index (Phi) is 6.80. The maximum atomic E-state index is 12.1. The van der Waals surface area contributed by atoms with Gasteiger partial charge in [-0.2, -0.15) is 5.26 Å². The molecule has 1 amide bonds. The van der Waals surface area contributed by atoms with Crippen LogP contribution in [0.2, 0.25) is 5.02 Å². The molecule has 0 aliphatic carbocycles.